The number of rotatable bonds is 5. The summed E-state index contributed by atoms with van der Waals surface area (Å²) in [4.78, 5) is 14.7. The minimum Gasteiger partial charge on any atom is -0.352 e. The molecule has 0 radical (unpaired) electrons. The third-order valence-corrected chi connectivity index (χ3v) is 4.45. The lowest BCUT2D eigenvalue weighted by atomic mass is 9.99. The van der Waals surface area contributed by atoms with Gasteiger partial charge in [0.25, 0.3) is 5.91 Å². The number of nitrogens with one attached hydrogen (secondary N) is 1. The van der Waals surface area contributed by atoms with Gasteiger partial charge in [0.15, 0.2) is 0 Å². The lowest BCUT2D eigenvalue weighted by Gasteiger charge is -2.30. The maximum atomic E-state index is 12.2. The maximum Gasteiger partial charge on any atom is 0.251 e. The molecule has 0 bridgehead atoms. The Morgan fingerprint density at radius 1 is 1.29 bits per heavy atom. The van der Waals surface area contributed by atoms with Crippen molar-refractivity contribution in [3.63, 3.8) is 0 Å². The van der Waals surface area contributed by atoms with Crippen molar-refractivity contribution in [1.29, 1.82) is 0 Å². The summed E-state index contributed by atoms with van der Waals surface area (Å²) < 4.78 is 0. The van der Waals surface area contributed by atoms with Gasteiger partial charge < -0.3 is 10.2 Å². The fourth-order valence-corrected chi connectivity index (χ4v) is 2.87. The van der Waals surface area contributed by atoms with Crippen LogP contribution >= 0.6 is 0 Å². The number of hydrogen-bond acceptors (Lipinski definition) is 2. The van der Waals surface area contributed by atoms with Crippen LogP contribution in [-0.4, -0.2) is 37.0 Å². The van der Waals surface area contributed by atoms with Gasteiger partial charge in [0, 0.05) is 12.1 Å². The summed E-state index contributed by atoms with van der Waals surface area (Å²) in [5.74, 6) is 0.939. The smallest absolute Gasteiger partial charge is 0.251 e. The Hall–Kier alpha value is -1.35. The van der Waals surface area contributed by atoms with E-state index < -0.39 is 0 Å². The highest BCUT2D eigenvalue weighted by Gasteiger charge is 2.15. The molecule has 1 aliphatic heterocycles. The number of amides is 1. The molecule has 21 heavy (non-hydrogen) atoms. The van der Waals surface area contributed by atoms with E-state index in [4.69, 9.17) is 0 Å². The van der Waals surface area contributed by atoms with Crippen molar-refractivity contribution in [2.75, 3.05) is 26.2 Å². The lowest BCUT2D eigenvalue weighted by Crippen LogP contribution is -2.35. The summed E-state index contributed by atoms with van der Waals surface area (Å²) in [5.41, 5.74) is 2.98. The van der Waals surface area contributed by atoms with E-state index in [0.29, 0.717) is 0 Å². The van der Waals surface area contributed by atoms with Gasteiger partial charge >= 0.3 is 0 Å². The fraction of sp³-hybridized carbons (Fsp3) is 0.611. The molecule has 1 aromatic rings. The molecule has 3 nitrogen and oxygen atoms in total. The Morgan fingerprint density at radius 2 is 2.00 bits per heavy atom. The van der Waals surface area contributed by atoms with Crippen LogP contribution in [0.3, 0.4) is 0 Å². The van der Waals surface area contributed by atoms with Gasteiger partial charge in [-0.05, 0) is 70.3 Å². The van der Waals surface area contributed by atoms with Gasteiger partial charge in [0.2, 0.25) is 0 Å². The van der Waals surface area contributed by atoms with E-state index in [-0.39, 0.29) is 5.91 Å². The minimum absolute atomic E-state index is 0.0588. The lowest BCUT2D eigenvalue weighted by molar-refractivity contribution is 0.0950. The first-order valence-electron chi connectivity index (χ1n) is 8.14. The van der Waals surface area contributed by atoms with Crippen LogP contribution in [0, 0.1) is 19.8 Å². The van der Waals surface area contributed by atoms with Crippen molar-refractivity contribution in [1.82, 2.24) is 10.2 Å². The van der Waals surface area contributed by atoms with E-state index in [0.717, 1.165) is 42.1 Å². The molecule has 1 saturated heterocycles. The molecule has 116 valence electrons. The van der Waals surface area contributed by atoms with E-state index in [1.807, 2.05) is 32.0 Å². The van der Waals surface area contributed by atoms with Crippen LogP contribution in [0.1, 0.15) is 47.7 Å². The summed E-state index contributed by atoms with van der Waals surface area (Å²) in [6.45, 7) is 10.6. The second-order valence-corrected chi connectivity index (χ2v) is 6.45. The first-order chi connectivity index (χ1) is 10.1. The molecule has 0 unspecified atom stereocenters. The molecule has 1 N–H and O–H groups in total. The summed E-state index contributed by atoms with van der Waals surface area (Å²) in [7, 11) is 0. The second-order valence-electron chi connectivity index (χ2n) is 6.45. The van der Waals surface area contributed by atoms with Gasteiger partial charge in [0.05, 0.1) is 0 Å². The number of aryl methyl sites for hydroxylation is 2. The van der Waals surface area contributed by atoms with Crippen molar-refractivity contribution in [2.24, 2.45) is 5.92 Å². The maximum absolute atomic E-state index is 12.2. The Balaban J connectivity index is 1.71. The number of likely N-dealkylation sites (tertiary alicyclic amines) is 1. The summed E-state index contributed by atoms with van der Waals surface area (Å²) in [6.07, 6.45) is 3.66. The quantitative estimate of drug-likeness (QED) is 0.844. The molecule has 1 aromatic carbocycles. The molecule has 1 aliphatic rings. The van der Waals surface area contributed by atoms with Crippen molar-refractivity contribution < 1.29 is 4.79 Å². The molecule has 1 amide bonds. The summed E-state index contributed by atoms with van der Waals surface area (Å²) in [5, 5.41) is 3.05. The van der Waals surface area contributed by atoms with Gasteiger partial charge in [-0.25, -0.2) is 0 Å². The molecule has 0 atom stereocenters. The highest BCUT2D eigenvalue weighted by Crippen LogP contribution is 2.15. The van der Waals surface area contributed by atoms with E-state index in [1.165, 1.54) is 25.9 Å². The van der Waals surface area contributed by atoms with Crippen LogP contribution in [0.2, 0.25) is 0 Å². The predicted octanol–water partition coefficient (Wildman–Crippen LogP) is 3.16. The predicted molar refractivity (Wildman–Crippen MR) is 87.7 cm³/mol. The molecule has 0 aliphatic carbocycles. The van der Waals surface area contributed by atoms with Crippen molar-refractivity contribution in [3.8, 4) is 0 Å². The largest absolute Gasteiger partial charge is 0.352 e. The van der Waals surface area contributed by atoms with Crippen LogP contribution in [0.25, 0.3) is 0 Å². The topological polar surface area (TPSA) is 32.3 Å². The fourth-order valence-electron chi connectivity index (χ4n) is 2.87. The first-order valence-corrected chi connectivity index (χ1v) is 8.14. The standard InChI is InChI=1S/C18H28N2O/c1-14-7-11-20(12-8-14)10-4-9-19-18(21)17-13-15(2)5-6-16(17)3/h5-6,13-14H,4,7-12H2,1-3H3,(H,19,21). The number of carbonyl (C=O) groups excluding carboxylic acids is 1. The van der Waals surface area contributed by atoms with Crippen LogP contribution in [0.15, 0.2) is 18.2 Å². The second kappa shape index (κ2) is 7.60. The summed E-state index contributed by atoms with van der Waals surface area (Å²) >= 11 is 0. The number of nitrogens with zero attached hydrogens (tertiary/aromatic N) is 1. The molecule has 1 heterocycles. The van der Waals surface area contributed by atoms with Crippen LogP contribution in [-0.2, 0) is 0 Å². The van der Waals surface area contributed by atoms with Gasteiger partial charge in [-0.2, -0.15) is 0 Å². The Bertz CT molecular complexity index is 476. The van der Waals surface area contributed by atoms with Gasteiger partial charge in [-0.1, -0.05) is 24.6 Å². The zero-order valence-corrected chi connectivity index (χ0v) is 13.6. The SMILES string of the molecule is Cc1ccc(C)c(C(=O)NCCCN2CCC(C)CC2)c1. The van der Waals surface area contributed by atoms with Crippen molar-refractivity contribution in [2.45, 2.75) is 40.0 Å². The van der Waals surface area contributed by atoms with Crippen LogP contribution in [0.4, 0.5) is 0 Å². The number of hydrogen-bond donors (Lipinski definition) is 1. The van der Waals surface area contributed by atoms with Crippen molar-refractivity contribution in [3.05, 3.63) is 34.9 Å². The van der Waals surface area contributed by atoms with E-state index in [9.17, 15) is 4.79 Å². The molecule has 0 aromatic heterocycles. The Morgan fingerprint density at radius 3 is 2.71 bits per heavy atom. The molecule has 1 fully saturated rings. The third kappa shape index (κ3) is 4.85. The zero-order valence-electron chi connectivity index (χ0n) is 13.6. The number of carbonyl (C=O) groups is 1. The highest BCUT2D eigenvalue weighted by atomic mass is 16.1. The summed E-state index contributed by atoms with van der Waals surface area (Å²) in [6, 6.07) is 6.03. The van der Waals surface area contributed by atoms with Crippen LogP contribution < -0.4 is 5.32 Å². The average Bonchev–Trinajstić information content (AvgIpc) is 2.47. The van der Waals surface area contributed by atoms with E-state index in [1.54, 1.807) is 0 Å². The zero-order chi connectivity index (χ0) is 15.2. The number of piperidine rings is 1. The molecule has 0 spiro atoms. The van der Waals surface area contributed by atoms with E-state index >= 15 is 0 Å². The molecule has 3 heteroatoms. The third-order valence-electron chi connectivity index (χ3n) is 4.45. The van der Waals surface area contributed by atoms with Gasteiger partial charge in [-0.3, -0.25) is 4.79 Å². The van der Waals surface area contributed by atoms with Gasteiger partial charge in [-0.15, -0.1) is 0 Å². The first kappa shape index (κ1) is 16.0. The average molecular weight is 288 g/mol. The monoisotopic (exact) mass is 288 g/mol. The van der Waals surface area contributed by atoms with Crippen LogP contribution in [0.5, 0.6) is 0 Å². The van der Waals surface area contributed by atoms with Gasteiger partial charge in [0.1, 0.15) is 0 Å². The molecular weight excluding hydrogens is 260 g/mol. The highest BCUT2D eigenvalue weighted by molar-refractivity contribution is 5.95. The molecule has 2 rings (SSSR count). The molecular formula is C18H28N2O. The minimum atomic E-state index is 0.0588. The normalized spacial score (nSPS) is 16.9. The van der Waals surface area contributed by atoms with Crippen molar-refractivity contribution >= 4 is 5.91 Å². The Kier molecular flexibility index (Phi) is 5.80. The van der Waals surface area contributed by atoms with E-state index in [2.05, 4.69) is 17.1 Å². The molecule has 0 saturated carbocycles. The number of benzene rings is 1. The Labute approximate surface area is 128 Å².